The SMILES string of the molecule is Cc1ccc(-c2ccccc2C(=O)N2CC[C@H]2CNC(=O)c2c(Cl)nc3sccn23)cc1C. The van der Waals surface area contributed by atoms with Crippen molar-refractivity contribution in [3.05, 3.63) is 81.6 Å². The summed E-state index contributed by atoms with van der Waals surface area (Å²) in [5, 5.41) is 4.97. The highest BCUT2D eigenvalue weighted by atomic mass is 35.5. The van der Waals surface area contributed by atoms with Crippen LogP contribution >= 0.6 is 22.9 Å². The Morgan fingerprint density at radius 3 is 2.76 bits per heavy atom. The van der Waals surface area contributed by atoms with Crippen LogP contribution in [-0.4, -0.2) is 45.2 Å². The Bertz CT molecular complexity index is 1380. The number of fused-ring (bicyclic) bond motifs is 1. The van der Waals surface area contributed by atoms with Crippen LogP contribution in [0.15, 0.2) is 54.0 Å². The number of carbonyl (C=O) groups is 2. The fraction of sp³-hybridized carbons (Fsp3) is 0.240. The molecule has 1 atom stereocenters. The van der Waals surface area contributed by atoms with Crippen LogP contribution in [0.3, 0.4) is 0 Å². The molecule has 1 saturated heterocycles. The number of benzene rings is 2. The number of aromatic nitrogens is 2. The number of halogens is 1. The van der Waals surface area contributed by atoms with E-state index in [-0.39, 0.29) is 23.0 Å². The number of hydrogen-bond acceptors (Lipinski definition) is 4. The molecule has 1 fully saturated rings. The van der Waals surface area contributed by atoms with Gasteiger partial charge < -0.3 is 10.2 Å². The van der Waals surface area contributed by atoms with E-state index in [9.17, 15) is 9.59 Å². The summed E-state index contributed by atoms with van der Waals surface area (Å²) in [5.74, 6) is -0.308. The van der Waals surface area contributed by atoms with Crippen LogP contribution in [0.4, 0.5) is 0 Å². The van der Waals surface area contributed by atoms with E-state index in [2.05, 4.69) is 42.3 Å². The van der Waals surface area contributed by atoms with Gasteiger partial charge in [0.2, 0.25) is 0 Å². The number of amides is 2. The predicted octanol–water partition coefficient (Wildman–Crippen LogP) is 4.98. The molecule has 2 aromatic heterocycles. The maximum Gasteiger partial charge on any atom is 0.271 e. The van der Waals surface area contributed by atoms with Gasteiger partial charge in [-0.2, -0.15) is 0 Å². The van der Waals surface area contributed by atoms with Gasteiger partial charge in [0.25, 0.3) is 11.8 Å². The Labute approximate surface area is 200 Å². The molecule has 0 saturated carbocycles. The normalized spacial score (nSPS) is 15.5. The van der Waals surface area contributed by atoms with Crippen LogP contribution in [0.5, 0.6) is 0 Å². The van der Waals surface area contributed by atoms with Gasteiger partial charge in [0.05, 0.1) is 6.04 Å². The molecule has 2 aromatic carbocycles. The number of rotatable bonds is 5. The van der Waals surface area contributed by atoms with Gasteiger partial charge in [-0.15, -0.1) is 11.3 Å². The number of nitrogens with zero attached hydrogens (tertiary/aromatic N) is 3. The van der Waals surface area contributed by atoms with Crippen molar-refractivity contribution in [3.63, 3.8) is 0 Å². The summed E-state index contributed by atoms with van der Waals surface area (Å²) in [4.78, 5) is 32.9. The lowest BCUT2D eigenvalue weighted by Crippen LogP contribution is -2.56. The van der Waals surface area contributed by atoms with Crippen molar-refractivity contribution in [3.8, 4) is 11.1 Å². The number of hydrogen-bond donors (Lipinski definition) is 1. The maximum atomic E-state index is 13.4. The molecule has 0 unspecified atom stereocenters. The van der Waals surface area contributed by atoms with Gasteiger partial charge in [-0.3, -0.25) is 14.0 Å². The van der Waals surface area contributed by atoms with Crippen molar-refractivity contribution in [2.24, 2.45) is 0 Å². The van der Waals surface area contributed by atoms with E-state index >= 15 is 0 Å². The molecule has 0 radical (unpaired) electrons. The van der Waals surface area contributed by atoms with Gasteiger partial charge >= 0.3 is 0 Å². The third kappa shape index (κ3) is 3.92. The standard InChI is InChI=1S/C25H23ClN4O2S/c1-15-7-8-17(13-16(15)2)19-5-3-4-6-20(19)24(32)29-10-9-18(29)14-27-23(31)21-22(26)28-25-30(21)11-12-33-25/h3-8,11-13,18H,9-10,14H2,1-2H3,(H,27,31)/t18-/m0/s1. The zero-order valence-electron chi connectivity index (χ0n) is 18.3. The third-order valence-corrected chi connectivity index (χ3v) is 7.33. The molecule has 2 amide bonds. The van der Waals surface area contributed by atoms with E-state index in [1.165, 1.54) is 22.5 Å². The van der Waals surface area contributed by atoms with Crippen LogP contribution in [0.25, 0.3) is 16.1 Å². The van der Waals surface area contributed by atoms with E-state index in [0.29, 0.717) is 29.3 Å². The second-order valence-corrected chi connectivity index (χ2v) is 9.53. The van der Waals surface area contributed by atoms with E-state index in [0.717, 1.165) is 17.5 Å². The second kappa shape index (κ2) is 8.65. The Morgan fingerprint density at radius 1 is 1.18 bits per heavy atom. The molecule has 0 spiro atoms. The Morgan fingerprint density at radius 2 is 2.00 bits per heavy atom. The van der Waals surface area contributed by atoms with E-state index in [1.807, 2.05) is 34.5 Å². The second-order valence-electron chi connectivity index (χ2n) is 8.30. The molecule has 0 bridgehead atoms. The predicted molar refractivity (Wildman–Crippen MR) is 131 cm³/mol. The van der Waals surface area contributed by atoms with Crippen molar-refractivity contribution in [1.82, 2.24) is 19.6 Å². The van der Waals surface area contributed by atoms with Crippen molar-refractivity contribution < 1.29 is 9.59 Å². The summed E-state index contributed by atoms with van der Waals surface area (Å²) >= 11 is 7.59. The van der Waals surface area contributed by atoms with E-state index in [1.54, 1.807) is 10.6 Å². The summed E-state index contributed by atoms with van der Waals surface area (Å²) in [6, 6.07) is 13.9. The number of thiazole rings is 1. The van der Waals surface area contributed by atoms with Gasteiger partial charge in [0.1, 0.15) is 0 Å². The number of aryl methyl sites for hydroxylation is 2. The minimum atomic E-state index is -0.291. The number of likely N-dealkylation sites (tertiary alicyclic amines) is 1. The van der Waals surface area contributed by atoms with Crippen molar-refractivity contribution >= 4 is 39.7 Å². The van der Waals surface area contributed by atoms with Gasteiger partial charge in [-0.05, 0) is 48.6 Å². The molecule has 1 aliphatic heterocycles. The lowest BCUT2D eigenvalue weighted by Gasteiger charge is -2.41. The number of nitrogens with one attached hydrogen (secondary N) is 1. The first kappa shape index (κ1) is 21.7. The maximum absolute atomic E-state index is 13.4. The monoisotopic (exact) mass is 478 g/mol. The van der Waals surface area contributed by atoms with Crippen LogP contribution < -0.4 is 5.32 Å². The summed E-state index contributed by atoms with van der Waals surface area (Å²) in [6.07, 6.45) is 2.61. The van der Waals surface area contributed by atoms with Gasteiger partial charge in [0, 0.05) is 30.2 Å². The molecular weight excluding hydrogens is 456 g/mol. The number of carbonyl (C=O) groups excluding carboxylic acids is 2. The highest BCUT2D eigenvalue weighted by Gasteiger charge is 2.34. The first-order valence-electron chi connectivity index (χ1n) is 10.8. The fourth-order valence-electron chi connectivity index (χ4n) is 4.16. The molecular formula is C25H23ClN4O2S. The van der Waals surface area contributed by atoms with Gasteiger partial charge in [0.15, 0.2) is 15.8 Å². The topological polar surface area (TPSA) is 66.7 Å². The molecule has 168 valence electrons. The molecule has 33 heavy (non-hydrogen) atoms. The lowest BCUT2D eigenvalue weighted by molar-refractivity contribution is 0.0456. The molecule has 0 aliphatic carbocycles. The average molecular weight is 479 g/mol. The largest absolute Gasteiger partial charge is 0.349 e. The van der Waals surface area contributed by atoms with Crippen LogP contribution in [0.2, 0.25) is 5.15 Å². The molecule has 8 heteroatoms. The summed E-state index contributed by atoms with van der Waals surface area (Å²) < 4.78 is 1.69. The first-order chi connectivity index (χ1) is 15.9. The molecule has 1 aliphatic rings. The van der Waals surface area contributed by atoms with Crippen molar-refractivity contribution in [2.75, 3.05) is 13.1 Å². The number of imidazole rings is 1. The highest BCUT2D eigenvalue weighted by Crippen LogP contribution is 2.29. The minimum Gasteiger partial charge on any atom is -0.349 e. The quantitative estimate of drug-likeness (QED) is 0.440. The van der Waals surface area contributed by atoms with Gasteiger partial charge in [-0.1, -0.05) is 48.0 Å². The molecule has 5 rings (SSSR count). The minimum absolute atomic E-state index is 0.0167. The van der Waals surface area contributed by atoms with E-state index < -0.39 is 0 Å². The molecule has 3 heterocycles. The zero-order valence-corrected chi connectivity index (χ0v) is 19.9. The van der Waals surface area contributed by atoms with E-state index in [4.69, 9.17) is 11.6 Å². The highest BCUT2D eigenvalue weighted by molar-refractivity contribution is 7.15. The first-order valence-corrected chi connectivity index (χ1v) is 12.1. The van der Waals surface area contributed by atoms with Crippen LogP contribution in [0.1, 0.15) is 38.4 Å². The van der Waals surface area contributed by atoms with Crippen molar-refractivity contribution in [2.45, 2.75) is 26.3 Å². The summed E-state index contributed by atoms with van der Waals surface area (Å²) in [6.45, 7) is 5.19. The van der Waals surface area contributed by atoms with Crippen LogP contribution in [-0.2, 0) is 0 Å². The summed E-state index contributed by atoms with van der Waals surface area (Å²) in [5.41, 5.74) is 5.37. The Kier molecular flexibility index (Phi) is 5.68. The van der Waals surface area contributed by atoms with Crippen molar-refractivity contribution in [1.29, 1.82) is 0 Å². The third-order valence-electron chi connectivity index (χ3n) is 6.31. The average Bonchev–Trinajstić information content (AvgIpc) is 3.34. The Balaban J connectivity index is 1.31. The Hall–Kier alpha value is -3.16. The summed E-state index contributed by atoms with van der Waals surface area (Å²) in [7, 11) is 0. The van der Waals surface area contributed by atoms with Crippen LogP contribution in [0, 0.1) is 13.8 Å². The molecule has 4 aromatic rings. The molecule has 6 nitrogen and oxygen atoms in total. The molecule has 1 N–H and O–H groups in total. The lowest BCUT2D eigenvalue weighted by atomic mass is 9.94. The zero-order chi connectivity index (χ0) is 23.1. The fourth-order valence-corrected chi connectivity index (χ4v) is 5.18. The smallest absolute Gasteiger partial charge is 0.271 e. The van der Waals surface area contributed by atoms with Gasteiger partial charge in [-0.25, -0.2) is 4.98 Å².